The molecule has 8 aromatic rings. The molecule has 0 aromatic heterocycles. The lowest BCUT2D eigenvalue weighted by Crippen LogP contribution is -2.36. The van der Waals surface area contributed by atoms with Crippen molar-refractivity contribution in [2.75, 3.05) is 26.4 Å². The van der Waals surface area contributed by atoms with E-state index in [4.69, 9.17) is 38.6 Å². The van der Waals surface area contributed by atoms with Crippen LogP contribution in [0.5, 0.6) is 11.5 Å². The molecule has 10 rings (SSSR count). The van der Waals surface area contributed by atoms with Gasteiger partial charge in [-0.3, -0.25) is 0 Å². The second-order valence-electron chi connectivity index (χ2n) is 26.4. The lowest BCUT2D eigenvalue weighted by molar-refractivity contribution is -0.138. The maximum Gasteiger partial charge on any atom is 0.338 e. The second kappa shape index (κ2) is 38.3. The average molecular weight is 1370 g/mol. The Morgan fingerprint density at radius 3 is 1.04 bits per heavy atom. The lowest BCUT2D eigenvalue weighted by atomic mass is 9.69. The first-order chi connectivity index (χ1) is 49.9. The molecular weight excluding hydrogens is 1270 g/mol. The minimum absolute atomic E-state index is 0.229. The van der Waals surface area contributed by atoms with Crippen LogP contribution in [0.3, 0.4) is 0 Å². The Hall–Kier alpha value is -10.6. The fourth-order valence-corrected chi connectivity index (χ4v) is 13.1. The lowest BCUT2D eigenvalue weighted by Gasteiger charge is -2.37. The summed E-state index contributed by atoms with van der Waals surface area (Å²) < 4.78 is 34.0. The Kier molecular flexibility index (Phi) is 27.8. The van der Waals surface area contributed by atoms with E-state index in [1.165, 1.54) is 60.8 Å². The third-order valence-corrected chi connectivity index (χ3v) is 19.3. The van der Waals surface area contributed by atoms with Gasteiger partial charge in [-0.2, -0.15) is 20.4 Å². The Morgan fingerprint density at radius 1 is 0.392 bits per heavy atom. The zero-order valence-electron chi connectivity index (χ0n) is 58.9. The van der Waals surface area contributed by atoms with Gasteiger partial charge >= 0.3 is 23.9 Å². The number of carbonyl (C=O) groups is 4. The molecule has 526 valence electrons. The molecule has 0 bridgehead atoms. The van der Waals surface area contributed by atoms with E-state index < -0.39 is 11.9 Å². The number of ether oxygens (including phenoxy) is 6. The summed E-state index contributed by atoms with van der Waals surface area (Å²) >= 11 is 0. The first-order valence-electron chi connectivity index (χ1n) is 36.1. The number of rotatable bonds is 35. The van der Waals surface area contributed by atoms with E-state index in [1.807, 2.05) is 109 Å². The van der Waals surface area contributed by atoms with Crippen molar-refractivity contribution in [1.82, 2.24) is 0 Å². The Bertz CT molecular complexity index is 3840. The molecule has 2 aliphatic carbocycles. The first-order valence-corrected chi connectivity index (χ1v) is 36.1. The summed E-state index contributed by atoms with van der Waals surface area (Å²) in [5, 5.41) is 18.6. The molecule has 14 nitrogen and oxygen atoms in total. The quantitative estimate of drug-likeness (QED) is 0.00929. The van der Waals surface area contributed by atoms with Gasteiger partial charge in [-0.05, 0) is 192 Å². The monoisotopic (exact) mass is 1370 g/mol. The number of hydrogen-bond donors (Lipinski definition) is 0. The van der Waals surface area contributed by atoms with Gasteiger partial charge in [0.2, 0.25) is 0 Å². The topological polar surface area (TPSA) is 173 Å². The van der Waals surface area contributed by atoms with E-state index in [-0.39, 0.29) is 48.2 Å². The molecule has 0 N–H and O–H groups in total. The molecule has 0 unspecified atom stereocenters. The third-order valence-electron chi connectivity index (χ3n) is 19.3. The van der Waals surface area contributed by atoms with Crippen molar-refractivity contribution in [3.63, 3.8) is 0 Å². The number of nitrogens with zero attached hydrogens (tertiary/aromatic N) is 4. The van der Waals surface area contributed by atoms with E-state index in [0.29, 0.717) is 74.4 Å². The molecule has 102 heavy (non-hydrogen) atoms. The highest BCUT2D eigenvalue weighted by atomic mass is 16.6. The molecule has 0 amide bonds. The number of aryl methyl sites for hydroxylation is 2. The number of carbonyl (C=O) groups excluding carboxylic acids is 4. The molecule has 14 heteroatoms. The smallest absolute Gasteiger partial charge is 0.338 e. The largest absolute Gasteiger partial charge is 0.493 e. The van der Waals surface area contributed by atoms with Crippen molar-refractivity contribution in [2.24, 2.45) is 20.4 Å². The summed E-state index contributed by atoms with van der Waals surface area (Å²) in [5.74, 6) is -0.128. The third kappa shape index (κ3) is 21.7. The summed E-state index contributed by atoms with van der Waals surface area (Å²) in [6.45, 7) is 12.6. The highest BCUT2D eigenvalue weighted by molar-refractivity contribution is 5.91. The highest BCUT2D eigenvalue weighted by Crippen LogP contribution is 2.42. The summed E-state index contributed by atoms with van der Waals surface area (Å²) in [6, 6.07) is 65.0. The van der Waals surface area contributed by atoms with E-state index in [9.17, 15) is 19.2 Å². The van der Waals surface area contributed by atoms with Crippen LogP contribution in [-0.2, 0) is 52.2 Å². The van der Waals surface area contributed by atoms with Gasteiger partial charge in [0, 0.05) is 48.3 Å². The molecule has 0 heterocycles. The SMILES string of the molecule is C=CC(=O)OCCCOc1ccc(-c2ccc(C(=O)OC3CCC(/C=N/N=C/c4ccc(-c5ccc(/C=N/N=C/C6(c7ccc(CCCCC)cc7)CCC(OC(=O)c7ccc(-c8ccc(OCCCOC(=O)C=C)cc8)cc7)CC6)cc5)cc4)(c4ccc(CCCCC)cc4)CC3)cc2)cc1. The maximum absolute atomic E-state index is 13.6. The Morgan fingerprint density at radius 2 is 0.716 bits per heavy atom. The van der Waals surface area contributed by atoms with Crippen molar-refractivity contribution in [3.05, 3.63) is 264 Å². The molecule has 2 aliphatic rings. The molecule has 0 aliphatic heterocycles. The number of esters is 4. The highest BCUT2D eigenvalue weighted by Gasteiger charge is 2.39. The zero-order valence-corrected chi connectivity index (χ0v) is 58.9. The average Bonchev–Trinajstić information content (AvgIpc) is 0.799. The zero-order chi connectivity index (χ0) is 71.2. The molecule has 0 saturated heterocycles. The van der Waals surface area contributed by atoms with Gasteiger partial charge in [0.25, 0.3) is 0 Å². The fraction of sp³-hybridized carbons (Fsp3) is 0.318. The predicted octanol–water partition coefficient (Wildman–Crippen LogP) is 19.4. The minimum Gasteiger partial charge on any atom is -0.493 e. The number of hydrogen-bond acceptors (Lipinski definition) is 14. The van der Waals surface area contributed by atoms with Crippen LogP contribution in [0.4, 0.5) is 0 Å². The van der Waals surface area contributed by atoms with Crippen LogP contribution in [0, 0.1) is 0 Å². The summed E-state index contributed by atoms with van der Waals surface area (Å²) in [6.07, 6.45) is 25.5. The van der Waals surface area contributed by atoms with Crippen LogP contribution in [0.25, 0.3) is 33.4 Å². The summed E-state index contributed by atoms with van der Waals surface area (Å²) in [4.78, 5) is 49.7. The summed E-state index contributed by atoms with van der Waals surface area (Å²) in [5.41, 5.74) is 13.2. The van der Waals surface area contributed by atoms with Crippen LogP contribution in [-0.4, -0.2) is 87.4 Å². The molecule has 2 saturated carbocycles. The van der Waals surface area contributed by atoms with Gasteiger partial charge in [-0.1, -0.05) is 198 Å². The first kappa shape index (κ1) is 74.1. The van der Waals surface area contributed by atoms with E-state index in [0.717, 1.165) is 95.2 Å². The van der Waals surface area contributed by atoms with Gasteiger partial charge in [0.15, 0.2) is 0 Å². The molecule has 0 spiro atoms. The van der Waals surface area contributed by atoms with Crippen LogP contribution in [0.1, 0.15) is 171 Å². The van der Waals surface area contributed by atoms with Crippen LogP contribution >= 0.6 is 0 Å². The number of benzene rings is 8. The Balaban J connectivity index is 0.717. The predicted molar refractivity (Wildman–Crippen MR) is 408 cm³/mol. The molecule has 8 aromatic carbocycles. The molecule has 0 radical (unpaired) electrons. The van der Waals surface area contributed by atoms with Gasteiger partial charge < -0.3 is 28.4 Å². The van der Waals surface area contributed by atoms with Gasteiger partial charge in [0.1, 0.15) is 23.7 Å². The maximum atomic E-state index is 13.6. The van der Waals surface area contributed by atoms with Crippen molar-refractivity contribution in [1.29, 1.82) is 0 Å². The van der Waals surface area contributed by atoms with Gasteiger partial charge in [0.05, 0.1) is 50.0 Å². The van der Waals surface area contributed by atoms with Crippen LogP contribution in [0.2, 0.25) is 0 Å². The van der Waals surface area contributed by atoms with Crippen molar-refractivity contribution < 1.29 is 47.6 Å². The van der Waals surface area contributed by atoms with E-state index >= 15 is 0 Å². The molecular formula is C88H94N4O10. The standard InChI is InChI=1S/C88H94N4O10/c1-5-9-11-15-65-21-41-77(42-22-65)87(53-49-81(50-54-87)101-85(95)75-33-29-71(30-34-75)73-37-45-79(46-38-73)97-57-13-59-99-83(93)7-3)63-91-89-61-67-17-25-69(26-18-67)70-27-19-68(20-28-70)62-90-92-64-88(78-43-23-66(24-44-78)16-12-10-6-2)55-51-82(52-56-88)102-86(96)76-35-31-72(32-36-76)74-39-47-80(48-40-74)98-58-14-60-100-84(94)8-4/h7-8,17-48,61-64,81-82H,3-6,9-16,49-60H2,1-2H3/b89-61+,90-62+,91-63+,92-64+. The molecule has 2 fully saturated rings. The van der Waals surface area contributed by atoms with Crippen molar-refractivity contribution in [2.45, 2.75) is 152 Å². The number of unbranched alkanes of at least 4 members (excludes halogenated alkanes) is 4. The van der Waals surface area contributed by atoms with Gasteiger partial charge in [-0.25, -0.2) is 19.2 Å². The normalized spacial score (nSPS) is 17.5. The van der Waals surface area contributed by atoms with E-state index in [2.05, 4.69) is 134 Å². The molecule has 0 atom stereocenters. The van der Waals surface area contributed by atoms with Crippen LogP contribution < -0.4 is 9.47 Å². The minimum atomic E-state index is -0.446. The fourth-order valence-electron chi connectivity index (χ4n) is 13.1. The van der Waals surface area contributed by atoms with Gasteiger partial charge in [-0.15, -0.1) is 0 Å². The Labute approximate surface area is 601 Å². The summed E-state index contributed by atoms with van der Waals surface area (Å²) in [7, 11) is 0. The second-order valence-corrected chi connectivity index (χ2v) is 26.4. The van der Waals surface area contributed by atoms with Crippen molar-refractivity contribution in [3.8, 4) is 44.9 Å². The van der Waals surface area contributed by atoms with Crippen LogP contribution in [0.15, 0.2) is 240 Å². The van der Waals surface area contributed by atoms with E-state index in [1.54, 1.807) is 12.4 Å². The van der Waals surface area contributed by atoms with Crippen molar-refractivity contribution >= 4 is 48.7 Å².